The maximum absolute atomic E-state index is 5.89. The van der Waals surface area contributed by atoms with Crippen molar-refractivity contribution in [2.45, 2.75) is 45.6 Å². The molecular formula is C13H27ClN2. The first-order valence-electron chi connectivity index (χ1n) is 6.84. The SMILES string of the molecule is CCC(CC)N(CCCl)CCN1CCCC1. The molecule has 0 unspecified atom stereocenters. The minimum atomic E-state index is 0.723. The molecule has 96 valence electrons. The fourth-order valence-electron chi connectivity index (χ4n) is 2.67. The Hall–Kier alpha value is 0.210. The summed E-state index contributed by atoms with van der Waals surface area (Å²) in [7, 11) is 0. The van der Waals surface area contributed by atoms with Crippen molar-refractivity contribution in [3.63, 3.8) is 0 Å². The highest BCUT2D eigenvalue weighted by atomic mass is 35.5. The summed E-state index contributed by atoms with van der Waals surface area (Å²) in [5.74, 6) is 0.760. The number of hydrogen-bond donors (Lipinski definition) is 0. The van der Waals surface area contributed by atoms with E-state index in [4.69, 9.17) is 11.6 Å². The Morgan fingerprint density at radius 2 is 1.75 bits per heavy atom. The lowest BCUT2D eigenvalue weighted by molar-refractivity contribution is 0.171. The molecule has 0 radical (unpaired) electrons. The van der Waals surface area contributed by atoms with E-state index in [0.717, 1.165) is 18.5 Å². The van der Waals surface area contributed by atoms with Crippen LogP contribution in [0.25, 0.3) is 0 Å². The Kier molecular flexibility index (Phi) is 7.42. The smallest absolute Gasteiger partial charge is 0.0351 e. The molecule has 1 aliphatic heterocycles. The van der Waals surface area contributed by atoms with Crippen LogP contribution >= 0.6 is 11.6 Å². The molecule has 3 heteroatoms. The molecule has 1 aliphatic rings. The van der Waals surface area contributed by atoms with Crippen molar-refractivity contribution in [1.82, 2.24) is 9.80 Å². The molecule has 0 aliphatic carbocycles. The molecule has 2 nitrogen and oxygen atoms in total. The van der Waals surface area contributed by atoms with Gasteiger partial charge in [-0.05, 0) is 38.8 Å². The van der Waals surface area contributed by atoms with E-state index < -0.39 is 0 Å². The molecule has 0 amide bonds. The van der Waals surface area contributed by atoms with Crippen molar-refractivity contribution in [2.75, 3.05) is 38.6 Å². The summed E-state index contributed by atoms with van der Waals surface area (Å²) in [6, 6.07) is 0.723. The van der Waals surface area contributed by atoms with Crippen LogP contribution < -0.4 is 0 Å². The topological polar surface area (TPSA) is 6.48 Å². The molecule has 0 aromatic heterocycles. The van der Waals surface area contributed by atoms with Gasteiger partial charge in [-0.15, -0.1) is 11.6 Å². The zero-order valence-electron chi connectivity index (χ0n) is 10.9. The summed E-state index contributed by atoms with van der Waals surface area (Å²) in [6.07, 6.45) is 5.27. The molecule has 16 heavy (non-hydrogen) atoms. The third kappa shape index (κ3) is 4.60. The monoisotopic (exact) mass is 246 g/mol. The van der Waals surface area contributed by atoms with E-state index in [1.807, 2.05) is 0 Å². The first-order valence-corrected chi connectivity index (χ1v) is 7.37. The van der Waals surface area contributed by atoms with Gasteiger partial charge in [0.25, 0.3) is 0 Å². The largest absolute Gasteiger partial charge is 0.302 e. The summed E-state index contributed by atoms with van der Waals surface area (Å²) in [5.41, 5.74) is 0. The van der Waals surface area contributed by atoms with Crippen molar-refractivity contribution in [1.29, 1.82) is 0 Å². The van der Waals surface area contributed by atoms with Crippen LogP contribution in [0.5, 0.6) is 0 Å². The van der Waals surface area contributed by atoms with E-state index in [-0.39, 0.29) is 0 Å². The van der Waals surface area contributed by atoms with Crippen LogP contribution in [-0.2, 0) is 0 Å². The Bertz CT molecular complexity index is 165. The van der Waals surface area contributed by atoms with Crippen LogP contribution in [0.1, 0.15) is 39.5 Å². The predicted octanol–water partition coefficient (Wildman–Crippen LogP) is 2.81. The van der Waals surface area contributed by atoms with Gasteiger partial charge in [-0.3, -0.25) is 4.90 Å². The zero-order valence-corrected chi connectivity index (χ0v) is 11.7. The second kappa shape index (κ2) is 8.32. The minimum Gasteiger partial charge on any atom is -0.302 e. The van der Waals surface area contributed by atoms with Gasteiger partial charge >= 0.3 is 0 Å². The summed E-state index contributed by atoms with van der Waals surface area (Å²) < 4.78 is 0. The van der Waals surface area contributed by atoms with E-state index >= 15 is 0 Å². The van der Waals surface area contributed by atoms with Crippen molar-refractivity contribution >= 4 is 11.6 Å². The van der Waals surface area contributed by atoms with Gasteiger partial charge in [-0.2, -0.15) is 0 Å². The molecule has 0 N–H and O–H groups in total. The molecule has 0 atom stereocenters. The molecule has 0 aromatic carbocycles. The van der Waals surface area contributed by atoms with Crippen LogP contribution in [0.15, 0.2) is 0 Å². The average molecular weight is 247 g/mol. The molecule has 1 rings (SSSR count). The highest BCUT2D eigenvalue weighted by Gasteiger charge is 2.17. The standard InChI is InChI=1S/C13H27ClN2/c1-3-13(4-2)16(10-7-14)12-11-15-8-5-6-9-15/h13H,3-12H2,1-2H3. The Labute approximate surface area is 106 Å². The first kappa shape index (κ1) is 14.3. The Morgan fingerprint density at radius 3 is 2.25 bits per heavy atom. The maximum Gasteiger partial charge on any atom is 0.0351 e. The van der Waals surface area contributed by atoms with Gasteiger partial charge in [0.15, 0.2) is 0 Å². The normalized spacial score (nSPS) is 17.8. The van der Waals surface area contributed by atoms with Crippen LogP contribution in [0, 0.1) is 0 Å². The summed E-state index contributed by atoms with van der Waals surface area (Å²) in [5, 5.41) is 0. The van der Waals surface area contributed by atoms with Crippen LogP contribution in [0.4, 0.5) is 0 Å². The highest BCUT2D eigenvalue weighted by molar-refractivity contribution is 6.18. The van der Waals surface area contributed by atoms with E-state index in [2.05, 4.69) is 23.6 Å². The molecule has 0 aromatic rings. The van der Waals surface area contributed by atoms with Crippen molar-refractivity contribution in [2.24, 2.45) is 0 Å². The second-order valence-electron chi connectivity index (χ2n) is 4.74. The number of likely N-dealkylation sites (tertiary alicyclic amines) is 1. The van der Waals surface area contributed by atoms with Crippen LogP contribution in [0.3, 0.4) is 0 Å². The Morgan fingerprint density at radius 1 is 1.12 bits per heavy atom. The molecule has 0 spiro atoms. The molecule has 1 fully saturated rings. The molecule has 1 saturated heterocycles. The summed E-state index contributed by atoms with van der Waals surface area (Å²) >= 11 is 5.89. The van der Waals surface area contributed by atoms with Gasteiger partial charge in [-0.25, -0.2) is 0 Å². The van der Waals surface area contributed by atoms with Crippen LogP contribution in [0.2, 0.25) is 0 Å². The fraction of sp³-hybridized carbons (Fsp3) is 1.00. The zero-order chi connectivity index (χ0) is 11.8. The van der Waals surface area contributed by atoms with Gasteiger partial charge in [0, 0.05) is 31.6 Å². The lowest BCUT2D eigenvalue weighted by Gasteiger charge is -2.31. The van der Waals surface area contributed by atoms with Gasteiger partial charge in [0.05, 0.1) is 0 Å². The lowest BCUT2D eigenvalue weighted by Crippen LogP contribution is -2.41. The average Bonchev–Trinajstić information content (AvgIpc) is 2.80. The third-order valence-corrected chi connectivity index (χ3v) is 3.90. The fourth-order valence-corrected chi connectivity index (χ4v) is 2.88. The number of hydrogen-bond acceptors (Lipinski definition) is 2. The molecule has 0 bridgehead atoms. The van der Waals surface area contributed by atoms with Gasteiger partial charge < -0.3 is 4.90 Å². The van der Waals surface area contributed by atoms with Gasteiger partial charge in [-0.1, -0.05) is 13.8 Å². The van der Waals surface area contributed by atoms with E-state index in [0.29, 0.717) is 0 Å². The molecular weight excluding hydrogens is 220 g/mol. The molecule has 0 saturated carbocycles. The highest BCUT2D eigenvalue weighted by Crippen LogP contribution is 2.11. The lowest BCUT2D eigenvalue weighted by atomic mass is 10.1. The first-order chi connectivity index (χ1) is 7.81. The summed E-state index contributed by atoms with van der Waals surface area (Å²) in [4.78, 5) is 5.16. The van der Waals surface area contributed by atoms with Crippen LogP contribution in [-0.4, -0.2) is 54.4 Å². The van der Waals surface area contributed by atoms with E-state index in [9.17, 15) is 0 Å². The second-order valence-corrected chi connectivity index (χ2v) is 5.12. The minimum absolute atomic E-state index is 0.723. The predicted molar refractivity (Wildman–Crippen MR) is 72.3 cm³/mol. The van der Waals surface area contributed by atoms with Crippen molar-refractivity contribution in [3.8, 4) is 0 Å². The number of alkyl halides is 1. The van der Waals surface area contributed by atoms with E-state index in [1.54, 1.807) is 0 Å². The van der Waals surface area contributed by atoms with E-state index in [1.165, 1.54) is 51.9 Å². The van der Waals surface area contributed by atoms with Gasteiger partial charge in [0.1, 0.15) is 0 Å². The summed E-state index contributed by atoms with van der Waals surface area (Å²) in [6.45, 7) is 10.6. The number of nitrogens with zero attached hydrogens (tertiary/aromatic N) is 2. The van der Waals surface area contributed by atoms with Gasteiger partial charge in [0.2, 0.25) is 0 Å². The maximum atomic E-state index is 5.89. The Balaban J connectivity index is 2.30. The number of rotatable bonds is 8. The molecule has 1 heterocycles. The van der Waals surface area contributed by atoms with Crippen molar-refractivity contribution in [3.05, 3.63) is 0 Å². The quantitative estimate of drug-likeness (QED) is 0.608. The third-order valence-electron chi connectivity index (χ3n) is 3.73. The number of halogens is 1. The van der Waals surface area contributed by atoms with Crippen molar-refractivity contribution < 1.29 is 0 Å².